The summed E-state index contributed by atoms with van der Waals surface area (Å²) in [6.07, 6.45) is 0. The van der Waals surface area contributed by atoms with Crippen LogP contribution in [0.4, 0.5) is 5.69 Å². The Bertz CT molecular complexity index is 1260. The molecule has 1 aliphatic heterocycles. The molecule has 1 amide bonds. The lowest BCUT2D eigenvalue weighted by atomic mass is 10.2. The number of nitrogens with zero attached hydrogens (tertiary/aromatic N) is 2. The van der Waals surface area contributed by atoms with Crippen molar-refractivity contribution >= 4 is 38.5 Å². The number of fused-ring (bicyclic) bond motifs is 1. The van der Waals surface area contributed by atoms with Crippen LogP contribution in [0.5, 0.6) is 0 Å². The van der Waals surface area contributed by atoms with E-state index in [1.165, 1.54) is 28.6 Å². The van der Waals surface area contributed by atoms with Crippen molar-refractivity contribution < 1.29 is 27.5 Å². The van der Waals surface area contributed by atoms with Gasteiger partial charge in [0, 0.05) is 24.2 Å². The first-order valence-corrected chi connectivity index (χ1v) is 11.4. The van der Waals surface area contributed by atoms with Gasteiger partial charge in [0.05, 0.1) is 23.6 Å². The number of rotatable bonds is 6. The van der Waals surface area contributed by atoms with E-state index in [9.17, 15) is 18.0 Å². The number of pyridine rings is 1. The average molecular weight is 455 g/mol. The highest BCUT2D eigenvalue weighted by atomic mass is 32.2. The largest absolute Gasteiger partial charge is 0.451 e. The first kappa shape index (κ1) is 21.9. The molecular formula is C22H21N3O6S. The molecule has 1 N–H and O–H groups in total. The lowest BCUT2D eigenvalue weighted by Gasteiger charge is -2.26. The maximum atomic E-state index is 12.8. The second-order valence-corrected chi connectivity index (χ2v) is 9.00. The Balaban J connectivity index is 1.37. The molecule has 2 aromatic carbocycles. The highest BCUT2D eigenvalue weighted by Gasteiger charge is 2.26. The number of hydrogen-bond donors (Lipinski definition) is 1. The van der Waals surface area contributed by atoms with E-state index in [0.29, 0.717) is 18.7 Å². The highest BCUT2D eigenvalue weighted by molar-refractivity contribution is 7.89. The summed E-state index contributed by atoms with van der Waals surface area (Å²) in [6.45, 7) is 0.698. The van der Waals surface area contributed by atoms with E-state index in [1.807, 2.05) is 18.2 Å². The number of sulfonamides is 1. The molecule has 9 nitrogen and oxygen atoms in total. The summed E-state index contributed by atoms with van der Waals surface area (Å²) in [5.74, 6) is -1.32. The third-order valence-corrected chi connectivity index (χ3v) is 6.76. The number of carbonyl (C=O) groups is 2. The number of carbonyl (C=O) groups excluding carboxylic acids is 2. The molecule has 1 aromatic heterocycles. The molecule has 0 atom stereocenters. The van der Waals surface area contributed by atoms with E-state index in [4.69, 9.17) is 9.47 Å². The molecule has 1 aliphatic rings. The molecule has 0 saturated carbocycles. The van der Waals surface area contributed by atoms with Gasteiger partial charge in [-0.05, 0) is 30.3 Å². The van der Waals surface area contributed by atoms with Gasteiger partial charge in [-0.25, -0.2) is 18.2 Å². The Labute approximate surface area is 185 Å². The van der Waals surface area contributed by atoms with Gasteiger partial charge in [-0.1, -0.05) is 30.3 Å². The maximum absolute atomic E-state index is 12.8. The number of hydrogen-bond acceptors (Lipinski definition) is 7. The number of ether oxygens (including phenoxy) is 2. The predicted molar refractivity (Wildman–Crippen MR) is 117 cm³/mol. The molecule has 166 valence electrons. The van der Waals surface area contributed by atoms with Crippen molar-refractivity contribution in [3.05, 3.63) is 66.4 Å². The zero-order chi connectivity index (χ0) is 22.6. The number of benzene rings is 2. The van der Waals surface area contributed by atoms with Gasteiger partial charge < -0.3 is 14.8 Å². The van der Waals surface area contributed by atoms with E-state index in [-0.39, 0.29) is 29.4 Å². The fourth-order valence-electron chi connectivity index (χ4n) is 3.25. The number of anilines is 1. The van der Waals surface area contributed by atoms with Crippen LogP contribution in [-0.4, -0.2) is 62.5 Å². The number of nitrogens with one attached hydrogen (secondary N) is 1. The third-order valence-electron chi connectivity index (χ3n) is 4.87. The van der Waals surface area contributed by atoms with Crippen LogP contribution >= 0.6 is 0 Å². The molecular weight excluding hydrogens is 434 g/mol. The molecule has 4 rings (SSSR count). The Morgan fingerprint density at radius 2 is 1.81 bits per heavy atom. The molecule has 32 heavy (non-hydrogen) atoms. The van der Waals surface area contributed by atoms with Crippen molar-refractivity contribution in [2.24, 2.45) is 0 Å². The Hall–Kier alpha value is -3.34. The van der Waals surface area contributed by atoms with Gasteiger partial charge in [-0.15, -0.1) is 0 Å². The molecule has 3 aromatic rings. The van der Waals surface area contributed by atoms with Crippen molar-refractivity contribution in [2.45, 2.75) is 4.90 Å². The van der Waals surface area contributed by atoms with E-state index in [1.54, 1.807) is 18.2 Å². The summed E-state index contributed by atoms with van der Waals surface area (Å²) in [6, 6.07) is 16.5. The second-order valence-electron chi connectivity index (χ2n) is 7.06. The van der Waals surface area contributed by atoms with Crippen molar-refractivity contribution in [3.8, 4) is 0 Å². The summed E-state index contributed by atoms with van der Waals surface area (Å²) >= 11 is 0. The van der Waals surface area contributed by atoms with Gasteiger partial charge in [0.25, 0.3) is 5.91 Å². The fraction of sp³-hybridized carbons (Fsp3) is 0.227. The Morgan fingerprint density at radius 1 is 1.03 bits per heavy atom. The predicted octanol–water partition coefficient (Wildman–Crippen LogP) is 2.05. The maximum Gasteiger partial charge on any atom is 0.357 e. The second kappa shape index (κ2) is 9.43. The van der Waals surface area contributed by atoms with Gasteiger partial charge in [-0.2, -0.15) is 4.31 Å². The molecule has 10 heteroatoms. The van der Waals surface area contributed by atoms with Crippen LogP contribution in [0, 0.1) is 0 Å². The van der Waals surface area contributed by atoms with E-state index in [2.05, 4.69) is 10.3 Å². The lowest BCUT2D eigenvalue weighted by Crippen LogP contribution is -2.40. The monoisotopic (exact) mass is 455 g/mol. The molecule has 1 saturated heterocycles. The first-order chi connectivity index (χ1) is 15.4. The van der Waals surface area contributed by atoms with Crippen molar-refractivity contribution in [2.75, 3.05) is 38.2 Å². The summed E-state index contributed by atoms with van der Waals surface area (Å²) in [4.78, 5) is 28.8. The number of aromatic nitrogens is 1. The van der Waals surface area contributed by atoms with E-state index >= 15 is 0 Å². The van der Waals surface area contributed by atoms with E-state index in [0.717, 1.165) is 5.39 Å². The van der Waals surface area contributed by atoms with Crippen LogP contribution in [0.15, 0.2) is 65.6 Å². The van der Waals surface area contributed by atoms with Gasteiger partial charge in [0.1, 0.15) is 5.69 Å². The van der Waals surface area contributed by atoms with Crippen LogP contribution in [0.2, 0.25) is 0 Å². The van der Waals surface area contributed by atoms with Crippen molar-refractivity contribution in [1.29, 1.82) is 0 Å². The molecule has 1 fully saturated rings. The average Bonchev–Trinajstić information content (AvgIpc) is 2.83. The zero-order valence-corrected chi connectivity index (χ0v) is 17.9. The number of morpholine rings is 1. The molecule has 0 bridgehead atoms. The minimum absolute atomic E-state index is 0.0644. The molecule has 2 heterocycles. The van der Waals surface area contributed by atoms with Crippen LogP contribution in [-0.2, 0) is 24.3 Å². The van der Waals surface area contributed by atoms with Gasteiger partial charge in [0.15, 0.2) is 6.61 Å². The van der Waals surface area contributed by atoms with Crippen LogP contribution in [0.1, 0.15) is 10.5 Å². The molecule has 0 aliphatic carbocycles. The minimum Gasteiger partial charge on any atom is -0.451 e. The lowest BCUT2D eigenvalue weighted by molar-refractivity contribution is -0.119. The SMILES string of the molecule is O=C(COC(=O)c1ccc2ccccc2n1)Nc1cccc(S(=O)(=O)N2CCOCC2)c1. The number of para-hydroxylation sites is 1. The standard InChI is InChI=1S/C22H21N3O6S/c26-21(15-31-22(27)20-9-8-16-4-1-2-7-19(16)24-20)23-17-5-3-6-18(14-17)32(28,29)25-10-12-30-13-11-25/h1-9,14H,10-13,15H2,(H,23,26). The van der Waals surface area contributed by atoms with Gasteiger partial charge >= 0.3 is 5.97 Å². The van der Waals surface area contributed by atoms with Gasteiger partial charge in [0.2, 0.25) is 10.0 Å². The summed E-state index contributed by atoms with van der Waals surface area (Å²) < 4.78 is 37.1. The molecule has 0 spiro atoms. The normalized spacial score (nSPS) is 14.8. The summed E-state index contributed by atoms with van der Waals surface area (Å²) in [5, 5.41) is 3.43. The van der Waals surface area contributed by atoms with Crippen molar-refractivity contribution in [1.82, 2.24) is 9.29 Å². The molecule has 0 radical (unpaired) electrons. The Kier molecular flexibility index (Phi) is 6.45. The topological polar surface area (TPSA) is 115 Å². The summed E-state index contributed by atoms with van der Waals surface area (Å²) in [7, 11) is -3.69. The zero-order valence-electron chi connectivity index (χ0n) is 17.1. The Morgan fingerprint density at radius 3 is 2.62 bits per heavy atom. The first-order valence-electron chi connectivity index (χ1n) is 9.94. The van der Waals surface area contributed by atoms with Crippen LogP contribution in [0.3, 0.4) is 0 Å². The van der Waals surface area contributed by atoms with E-state index < -0.39 is 28.5 Å². The number of esters is 1. The summed E-state index contributed by atoms with van der Waals surface area (Å²) in [5.41, 5.74) is 1.02. The number of amides is 1. The third kappa shape index (κ3) is 4.93. The van der Waals surface area contributed by atoms with Gasteiger partial charge in [-0.3, -0.25) is 4.79 Å². The fourth-order valence-corrected chi connectivity index (χ4v) is 4.71. The van der Waals surface area contributed by atoms with Crippen molar-refractivity contribution in [3.63, 3.8) is 0 Å². The molecule has 0 unspecified atom stereocenters. The van der Waals surface area contributed by atoms with Crippen LogP contribution in [0.25, 0.3) is 10.9 Å². The smallest absolute Gasteiger partial charge is 0.357 e. The quantitative estimate of drug-likeness (QED) is 0.566. The minimum atomic E-state index is -3.69. The van der Waals surface area contributed by atoms with Crippen LogP contribution < -0.4 is 5.32 Å². The highest BCUT2D eigenvalue weighted by Crippen LogP contribution is 2.20.